The zero-order valence-electron chi connectivity index (χ0n) is 14.0. The third-order valence-electron chi connectivity index (χ3n) is 4.54. The third-order valence-corrected chi connectivity index (χ3v) is 4.54. The highest BCUT2D eigenvalue weighted by Crippen LogP contribution is 2.24. The number of amides is 1. The second-order valence-corrected chi connectivity index (χ2v) is 6.38. The van der Waals surface area contributed by atoms with Crippen molar-refractivity contribution in [1.29, 1.82) is 0 Å². The lowest BCUT2D eigenvalue weighted by molar-refractivity contribution is -0.144. The van der Waals surface area contributed by atoms with Crippen molar-refractivity contribution in [1.82, 2.24) is 5.32 Å². The molecule has 1 fully saturated rings. The van der Waals surface area contributed by atoms with Crippen LogP contribution < -0.4 is 5.32 Å². The van der Waals surface area contributed by atoms with Gasteiger partial charge in [-0.3, -0.25) is 9.59 Å². The van der Waals surface area contributed by atoms with Crippen LogP contribution in [-0.2, 0) is 9.53 Å². The predicted molar refractivity (Wildman–Crippen MR) is 87.7 cm³/mol. The summed E-state index contributed by atoms with van der Waals surface area (Å²) in [7, 11) is 0. The van der Waals surface area contributed by atoms with E-state index in [-0.39, 0.29) is 18.4 Å². The molecule has 2 N–H and O–H groups in total. The van der Waals surface area contributed by atoms with Crippen molar-refractivity contribution in [2.75, 3.05) is 19.8 Å². The number of carbonyl (C=O) groups is 2. The van der Waals surface area contributed by atoms with Gasteiger partial charge < -0.3 is 15.2 Å². The monoisotopic (exact) mass is 319 g/mol. The lowest BCUT2D eigenvalue weighted by Gasteiger charge is -2.27. The average Bonchev–Trinajstić information content (AvgIpc) is 2.47. The fourth-order valence-corrected chi connectivity index (χ4v) is 3.40. The number of carbonyl (C=O) groups excluding carboxylic acids is 1. The molecular formula is C18H25NO4. The summed E-state index contributed by atoms with van der Waals surface area (Å²) in [6, 6.07) is 3.93. The molecule has 0 spiro atoms. The number of aryl methyl sites for hydroxylation is 3. The molecule has 1 amide bonds. The largest absolute Gasteiger partial charge is 0.481 e. The van der Waals surface area contributed by atoms with Gasteiger partial charge in [0.1, 0.15) is 0 Å². The molecule has 5 heteroatoms. The summed E-state index contributed by atoms with van der Waals surface area (Å²) >= 11 is 0. The van der Waals surface area contributed by atoms with Crippen molar-refractivity contribution in [3.63, 3.8) is 0 Å². The lowest BCUT2D eigenvalue weighted by Crippen LogP contribution is -2.39. The van der Waals surface area contributed by atoms with Crippen LogP contribution in [0.2, 0.25) is 0 Å². The van der Waals surface area contributed by atoms with E-state index in [4.69, 9.17) is 4.74 Å². The minimum absolute atomic E-state index is 0.0572. The summed E-state index contributed by atoms with van der Waals surface area (Å²) in [6.07, 6.45) is 1.46. The Bertz CT molecular complexity index is 568. The number of ether oxygens (including phenoxy) is 1. The average molecular weight is 319 g/mol. The van der Waals surface area contributed by atoms with E-state index < -0.39 is 11.9 Å². The molecule has 1 atom stereocenters. The van der Waals surface area contributed by atoms with Gasteiger partial charge in [0.05, 0.1) is 5.92 Å². The summed E-state index contributed by atoms with van der Waals surface area (Å²) in [5.41, 5.74) is 3.59. The van der Waals surface area contributed by atoms with Crippen LogP contribution in [0.4, 0.5) is 0 Å². The van der Waals surface area contributed by atoms with Crippen molar-refractivity contribution in [2.24, 2.45) is 11.8 Å². The van der Waals surface area contributed by atoms with Gasteiger partial charge in [0.25, 0.3) is 5.91 Å². The Kier molecular flexibility index (Phi) is 5.77. The zero-order chi connectivity index (χ0) is 17.0. The zero-order valence-corrected chi connectivity index (χ0v) is 14.0. The second kappa shape index (κ2) is 7.59. The van der Waals surface area contributed by atoms with Crippen molar-refractivity contribution in [3.05, 3.63) is 34.4 Å². The highest BCUT2D eigenvalue weighted by molar-refractivity contribution is 5.97. The van der Waals surface area contributed by atoms with Crippen LogP contribution in [0.5, 0.6) is 0 Å². The molecule has 1 aromatic carbocycles. The van der Waals surface area contributed by atoms with E-state index in [2.05, 4.69) is 5.32 Å². The third kappa shape index (κ3) is 4.32. The molecule has 0 aromatic heterocycles. The van der Waals surface area contributed by atoms with E-state index in [1.54, 1.807) is 0 Å². The Morgan fingerprint density at radius 2 is 1.78 bits per heavy atom. The molecule has 1 heterocycles. The van der Waals surface area contributed by atoms with Gasteiger partial charge in [-0.05, 0) is 50.7 Å². The van der Waals surface area contributed by atoms with Gasteiger partial charge >= 0.3 is 5.97 Å². The molecular weight excluding hydrogens is 294 g/mol. The number of hydrogen-bond donors (Lipinski definition) is 2. The number of nitrogens with one attached hydrogen (secondary N) is 1. The first-order chi connectivity index (χ1) is 10.9. The first-order valence-corrected chi connectivity index (χ1v) is 8.06. The molecule has 2 rings (SSSR count). The quantitative estimate of drug-likeness (QED) is 0.874. The first kappa shape index (κ1) is 17.5. The predicted octanol–water partition coefficient (Wildman–Crippen LogP) is 2.47. The summed E-state index contributed by atoms with van der Waals surface area (Å²) in [5.74, 6) is -1.55. The second-order valence-electron chi connectivity index (χ2n) is 6.38. The van der Waals surface area contributed by atoms with Crippen LogP contribution in [0.1, 0.15) is 39.9 Å². The van der Waals surface area contributed by atoms with Crippen LogP contribution in [-0.4, -0.2) is 36.7 Å². The van der Waals surface area contributed by atoms with E-state index in [0.717, 1.165) is 29.5 Å². The van der Waals surface area contributed by atoms with Crippen LogP contribution >= 0.6 is 0 Å². The van der Waals surface area contributed by atoms with Gasteiger partial charge in [-0.25, -0.2) is 0 Å². The lowest BCUT2D eigenvalue weighted by atomic mass is 9.86. The Hall–Kier alpha value is -1.88. The summed E-state index contributed by atoms with van der Waals surface area (Å²) < 4.78 is 5.29. The molecule has 0 bridgehead atoms. The SMILES string of the molecule is Cc1cc(C)c(C(=O)NCC(C(=O)O)C2CCOCC2)c(C)c1. The van der Waals surface area contributed by atoms with Gasteiger partial charge in [-0.2, -0.15) is 0 Å². The van der Waals surface area contributed by atoms with Crippen molar-refractivity contribution < 1.29 is 19.4 Å². The Morgan fingerprint density at radius 3 is 2.30 bits per heavy atom. The molecule has 1 unspecified atom stereocenters. The van der Waals surface area contributed by atoms with Crippen molar-refractivity contribution in [3.8, 4) is 0 Å². The van der Waals surface area contributed by atoms with Gasteiger partial charge in [-0.15, -0.1) is 0 Å². The molecule has 126 valence electrons. The first-order valence-electron chi connectivity index (χ1n) is 8.06. The minimum Gasteiger partial charge on any atom is -0.481 e. The van der Waals surface area contributed by atoms with Gasteiger partial charge in [0.2, 0.25) is 0 Å². The van der Waals surface area contributed by atoms with E-state index in [1.165, 1.54) is 0 Å². The fraction of sp³-hybridized carbons (Fsp3) is 0.556. The van der Waals surface area contributed by atoms with Crippen LogP contribution in [0, 0.1) is 32.6 Å². The molecule has 0 radical (unpaired) electrons. The highest BCUT2D eigenvalue weighted by Gasteiger charge is 2.30. The molecule has 5 nitrogen and oxygen atoms in total. The molecule has 1 aliphatic heterocycles. The molecule has 1 aromatic rings. The maximum atomic E-state index is 12.5. The van der Waals surface area contributed by atoms with E-state index >= 15 is 0 Å². The van der Waals surface area contributed by atoms with Gasteiger partial charge in [-0.1, -0.05) is 17.7 Å². The minimum atomic E-state index is -0.852. The van der Waals surface area contributed by atoms with Gasteiger partial charge in [0, 0.05) is 25.3 Å². The Balaban J connectivity index is 2.06. The molecule has 1 aliphatic rings. The van der Waals surface area contributed by atoms with E-state index in [0.29, 0.717) is 18.8 Å². The smallest absolute Gasteiger partial charge is 0.308 e. The molecule has 0 saturated carbocycles. The number of aliphatic carboxylic acids is 1. The van der Waals surface area contributed by atoms with Crippen LogP contribution in [0.25, 0.3) is 0 Å². The van der Waals surface area contributed by atoms with Crippen molar-refractivity contribution in [2.45, 2.75) is 33.6 Å². The van der Waals surface area contributed by atoms with E-state index in [1.807, 2.05) is 32.9 Å². The topological polar surface area (TPSA) is 75.6 Å². The number of benzene rings is 1. The number of rotatable bonds is 5. The summed E-state index contributed by atoms with van der Waals surface area (Å²) in [6.45, 7) is 7.15. The van der Waals surface area contributed by atoms with Gasteiger partial charge in [0.15, 0.2) is 0 Å². The molecule has 1 saturated heterocycles. The number of carboxylic acid groups (broad SMARTS) is 1. The highest BCUT2D eigenvalue weighted by atomic mass is 16.5. The molecule has 23 heavy (non-hydrogen) atoms. The molecule has 0 aliphatic carbocycles. The van der Waals surface area contributed by atoms with Crippen LogP contribution in [0.15, 0.2) is 12.1 Å². The maximum absolute atomic E-state index is 12.5. The Morgan fingerprint density at radius 1 is 1.22 bits per heavy atom. The standard InChI is InChI=1S/C18H25NO4/c1-11-8-12(2)16(13(3)9-11)17(20)19-10-15(18(21)22)14-4-6-23-7-5-14/h8-9,14-15H,4-7,10H2,1-3H3,(H,19,20)(H,21,22). The summed E-state index contributed by atoms with van der Waals surface area (Å²) in [5, 5.41) is 12.3. The summed E-state index contributed by atoms with van der Waals surface area (Å²) in [4.78, 5) is 24.0. The Labute approximate surface area is 137 Å². The van der Waals surface area contributed by atoms with Crippen molar-refractivity contribution >= 4 is 11.9 Å². The maximum Gasteiger partial charge on any atom is 0.308 e. The normalized spacial score (nSPS) is 16.8. The van der Waals surface area contributed by atoms with E-state index in [9.17, 15) is 14.7 Å². The number of hydrogen-bond acceptors (Lipinski definition) is 3. The fourth-order valence-electron chi connectivity index (χ4n) is 3.40. The van der Waals surface area contributed by atoms with Crippen LogP contribution in [0.3, 0.4) is 0 Å². The number of carboxylic acids is 1.